The SMILES string of the molecule is Cc1ccc(C(=O)O)c(NC2CC(=O)N(C)C2=O)c1. The maximum absolute atomic E-state index is 11.8. The van der Waals surface area contributed by atoms with Crippen molar-refractivity contribution in [2.75, 3.05) is 12.4 Å². The van der Waals surface area contributed by atoms with Crippen LogP contribution in [-0.4, -0.2) is 40.9 Å². The van der Waals surface area contributed by atoms with Crippen molar-refractivity contribution < 1.29 is 19.5 Å². The lowest BCUT2D eigenvalue weighted by Gasteiger charge is -2.15. The number of rotatable bonds is 3. The van der Waals surface area contributed by atoms with Crippen molar-refractivity contribution in [3.05, 3.63) is 29.3 Å². The highest BCUT2D eigenvalue weighted by molar-refractivity contribution is 6.07. The minimum absolute atomic E-state index is 0.0440. The zero-order valence-corrected chi connectivity index (χ0v) is 10.6. The molecule has 2 amide bonds. The highest BCUT2D eigenvalue weighted by atomic mass is 16.4. The Labute approximate surface area is 110 Å². The summed E-state index contributed by atoms with van der Waals surface area (Å²) in [5.41, 5.74) is 1.31. The third kappa shape index (κ3) is 2.42. The molecule has 0 bridgehead atoms. The van der Waals surface area contributed by atoms with E-state index in [-0.39, 0.29) is 23.8 Å². The number of nitrogens with zero attached hydrogens (tertiary/aromatic N) is 1. The monoisotopic (exact) mass is 262 g/mol. The number of anilines is 1. The van der Waals surface area contributed by atoms with Gasteiger partial charge < -0.3 is 10.4 Å². The minimum atomic E-state index is -1.08. The van der Waals surface area contributed by atoms with Crippen LogP contribution in [-0.2, 0) is 9.59 Å². The molecule has 19 heavy (non-hydrogen) atoms. The smallest absolute Gasteiger partial charge is 0.337 e. The van der Waals surface area contributed by atoms with Crippen molar-refractivity contribution in [3.63, 3.8) is 0 Å². The summed E-state index contributed by atoms with van der Waals surface area (Å²) in [5.74, 6) is -1.69. The van der Waals surface area contributed by atoms with Gasteiger partial charge in [0, 0.05) is 12.7 Å². The van der Waals surface area contributed by atoms with E-state index >= 15 is 0 Å². The maximum atomic E-state index is 11.8. The molecule has 1 saturated heterocycles. The van der Waals surface area contributed by atoms with Gasteiger partial charge in [-0.1, -0.05) is 6.07 Å². The van der Waals surface area contributed by atoms with Crippen molar-refractivity contribution in [3.8, 4) is 0 Å². The van der Waals surface area contributed by atoms with E-state index in [0.29, 0.717) is 5.69 Å². The van der Waals surface area contributed by atoms with Gasteiger partial charge >= 0.3 is 5.97 Å². The first-order valence-corrected chi connectivity index (χ1v) is 5.81. The van der Waals surface area contributed by atoms with Gasteiger partial charge in [0.15, 0.2) is 0 Å². The molecule has 0 aliphatic carbocycles. The van der Waals surface area contributed by atoms with E-state index < -0.39 is 12.0 Å². The van der Waals surface area contributed by atoms with E-state index in [2.05, 4.69) is 5.32 Å². The summed E-state index contributed by atoms with van der Waals surface area (Å²) < 4.78 is 0. The van der Waals surface area contributed by atoms with Gasteiger partial charge in [0.05, 0.1) is 12.0 Å². The molecule has 1 atom stereocenters. The Morgan fingerprint density at radius 1 is 1.42 bits per heavy atom. The number of amides is 2. The van der Waals surface area contributed by atoms with Gasteiger partial charge in [-0.15, -0.1) is 0 Å². The van der Waals surface area contributed by atoms with Crippen LogP contribution in [0.5, 0.6) is 0 Å². The Kier molecular flexibility index (Phi) is 3.25. The highest BCUT2D eigenvalue weighted by Crippen LogP contribution is 2.22. The zero-order valence-electron chi connectivity index (χ0n) is 10.6. The van der Waals surface area contributed by atoms with Crippen LogP contribution in [0.4, 0.5) is 5.69 Å². The molecule has 6 nitrogen and oxygen atoms in total. The summed E-state index contributed by atoms with van der Waals surface area (Å²) in [5, 5.41) is 11.9. The number of carboxylic acid groups (broad SMARTS) is 1. The second-order valence-electron chi connectivity index (χ2n) is 4.55. The molecule has 1 heterocycles. The molecule has 1 aromatic carbocycles. The molecule has 1 aliphatic rings. The van der Waals surface area contributed by atoms with E-state index in [1.165, 1.54) is 13.1 Å². The second kappa shape index (κ2) is 4.72. The first kappa shape index (κ1) is 13.1. The van der Waals surface area contributed by atoms with Gasteiger partial charge in [-0.3, -0.25) is 14.5 Å². The number of likely N-dealkylation sites (tertiary alicyclic amines) is 1. The second-order valence-corrected chi connectivity index (χ2v) is 4.55. The van der Waals surface area contributed by atoms with Crippen LogP contribution < -0.4 is 5.32 Å². The third-order valence-corrected chi connectivity index (χ3v) is 3.12. The zero-order chi connectivity index (χ0) is 14.2. The largest absolute Gasteiger partial charge is 0.478 e. The van der Waals surface area contributed by atoms with Crippen LogP contribution in [0.3, 0.4) is 0 Å². The predicted octanol–water partition coefficient (Wildman–Crippen LogP) is 0.862. The van der Waals surface area contributed by atoms with Crippen LogP contribution in [0.2, 0.25) is 0 Å². The Bertz CT molecular complexity index is 568. The average Bonchev–Trinajstić information content (AvgIpc) is 2.57. The molecule has 0 saturated carbocycles. The van der Waals surface area contributed by atoms with Crippen molar-refractivity contribution >= 4 is 23.5 Å². The lowest BCUT2D eigenvalue weighted by atomic mass is 10.1. The van der Waals surface area contributed by atoms with Gasteiger partial charge in [0.1, 0.15) is 6.04 Å². The summed E-state index contributed by atoms with van der Waals surface area (Å²) in [6.45, 7) is 1.82. The van der Waals surface area contributed by atoms with E-state index in [4.69, 9.17) is 5.11 Å². The number of carboxylic acids is 1. The number of hydrogen-bond acceptors (Lipinski definition) is 4. The summed E-state index contributed by atoms with van der Waals surface area (Å²) in [4.78, 5) is 35.4. The van der Waals surface area contributed by atoms with Gasteiger partial charge in [0.25, 0.3) is 5.91 Å². The Morgan fingerprint density at radius 3 is 2.63 bits per heavy atom. The maximum Gasteiger partial charge on any atom is 0.337 e. The molecular weight excluding hydrogens is 248 g/mol. The van der Waals surface area contributed by atoms with Crippen LogP contribution in [0.15, 0.2) is 18.2 Å². The van der Waals surface area contributed by atoms with E-state index in [1.54, 1.807) is 12.1 Å². The number of aromatic carboxylic acids is 1. The molecule has 1 aliphatic heterocycles. The number of imide groups is 1. The van der Waals surface area contributed by atoms with Crippen molar-refractivity contribution in [2.24, 2.45) is 0 Å². The third-order valence-electron chi connectivity index (χ3n) is 3.12. The van der Waals surface area contributed by atoms with E-state index in [9.17, 15) is 14.4 Å². The number of benzene rings is 1. The predicted molar refractivity (Wildman–Crippen MR) is 67.9 cm³/mol. The normalized spacial score (nSPS) is 18.8. The summed E-state index contributed by atoms with van der Waals surface area (Å²) in [6, 6.07) is 4.12. The molecule has 1 fully saturated rings. The minimum Gasteiger partial charge on any atom is -0.478 e. The van der Waals surface area contributed by atoms with E-state index in [0.717, 1.165) is 10.5 Å². The Hall–Kier alpha value is -2.37. The molecule has 0 aromatic heterocycles. The summed E-state index contributed by atoms with van der Waals surface area (Å²) in [7, 11) is 1.42. The fourth-order valence-electron chi connectivity index (χ4n) is 2.02. The van der Waals surface area contributed by atoms with Crippen LogP contribution in [0.1, 0.15) is 22.3 Å². The Balaban J connectivity index is 2.29. The van der Waals surface area contributed by atoms with Gasteiger partial charge in [-0.25, -0.2) is 4.79 Å². The summed E-state index contributed by atoms with van der Waals surface area (Å²) >= 11 is 0. The number of carbonyl (C=O) groups is 3. The van der Waals surface area contributed by atoms with Gasteiger partial charge in [0.2, 0.25) is 5.91 Å². The summed E-state index contributed by atoms with van der Waals surface area (Å²) in [6.07, 6.45) is 0.0440. The number of hydrogen-bond donors (Lipinski definition) is 2. The molecule has 6 heteroatoms. The first-order valence-electron chi connectivity index (χ1n) is 5.81. The van der Waals surface area contributed by atoms with Crippen LogP contribution >= 0.6 is 0 Å². The van der Waals surface area contributed by atoms with E-state index in [1.807, 2.05) is 6.92 Å². The molecule has 2 N–H and O–H groups in total. The fourth-order valence-corrected chi connectivity index (χ4v) is 2.02. The van der Waals surface area contributed by atoms with Crippen molar-refractivity contribution in [2.45, 2.75) is 19.4 Å². The standard InChI is InChI=1S/C13H14N2O4/c1-7-3-4-8(13(18)19)9(5-7)14-10-6-11(16)15(2)12(10)17/h3-5,10,14H,6H2,1-2H3,(H,18,19). The molecule has 0 spiro atoms. The lowest BCUT2D eigenvalue weighted by Crippen LogP contribution is -2.32. The molecule has 0 radical (unpaired) electrons. The van der Waals surface area contributed by atoms with Crippen LogP contribution in [0.25, 0.3) is 0 Å². The van der Waals surface area contributed by atoms with Crippen molar-refractivity contribution in [1.82, 2.24) is 4.90 Å². The molecule has 100 valence electrons. The fraction of sp³-hybridized carbons (Fsp3) is 0.308. The number of carbonyl (C=O) groups excluding carboxylic acids is 2. The quantitative estimate of drug-likeness (QED) is 0.789. The lowest BCUT2D eigenvalue weighted by molar-refractivity contribution is -0.136. The molecular formula is C13H14N2O4. The number of likely N-dealkylation sites (N-methyl/N-ethyl adjacent to an activating group) is 1. The topological polar surface area (TPSA) is 86.7 Å². The first-order chi connectivity index (χ1) is 8.90. The van der Waals surface area contributed by atoms with Gasteiger partial charge in [-0.05, 0) is 24.6 Å². The number of nitrogens with one attached hydrogen (secondary N) is 1. The van der Waals surface area contributed by atoms with Crippen LogP contribution in [0, 0.1) is 6.92 Å². The Morgan fingerprint density at radius 2 is 2.11 bits per heavy atom. The van der Waals surface area contributed by atoms with Gasteiger partial charge in [-0.2, -0.15) is 0 Å². The highest BCUT2D eigenvalue weighted by Gasteiger charge is 2.36. The molecule has 1 aromatic rings. The number of aryl methyl sites for hydroxylation is 1. The molecule has 1 unspecified atom stereocenters. The van der Waals surface area contributed by atoms with Crippen molar-refractivity contribution in [1.29, 1.82) is 0 Å². The average molecular weight is 262 g/mol. The molecule has 2 rings (SSSR count).